The van der Waals surface area contributed by atoms with Crippen LogP contribution >= 0.6 is 0 Å². The van der Waals surface area contributed by atoms with Crippen LogP contribution in [0.2, 0.25) is 0 Å². The minimum atomic E-state index is -0.171. The Morgan fingerprint density at radius 1 is 1.56 bits per heavy atom. The van der Waals surface area contributed by atoms with Crippen molar-refractivity contribution >= 4 is 0 Å². The lowest BCUT2D eigenvalue weighted by atomic mass is 10.4. The standard InChI is InChI=1S/C7H7NO/c1-6-4-3-5-7(9)8(6)2/h2-5H,1H3. The molecule has 2 nitrogen and oxygen atoms in total. The van der Waals surface area contributed by atoms with Crippen molar-refractivity contribution in [1.29, 1.82) is 0 Å². The molecule has 2 heteroatoms. The summed E-state index contributed by atoms with van der Waals surface area (Å²) in [5.41, 5.74) is 0.595. The smallest absolute Gasteiger partial charge is 0.251 e. The summed E-state index contributed by atoms with van der Waals surface area (Å²) in [6.45, 7) is 1.78. The van der Waals surface area contributed by atoms with Gasteiger partial charge in [-0.15, -0.1) is 0 Å². The van der Waals surface area contributed by atoms with Gasteiger partial charge in [-0.25, -0.2) is 0 Å². The third kappa shape index (κ3) is 1.02. The van der Waals surface area contributed by atoms with Gasteiger partial charge in [0.05, 0.1) is 7.05 Å². The van der Waals surface area contributed by atoms with Crippen molar-refractivity contribution in [3.05, 3.63) is 41.3 Å². The molecule has 0 aliphatic carbocycles. The third-order valence-electron chi connectivity index (χ3n) is 1.19. The maximum absolute atomic E-state index is 10.7. The second-order valence-electron chi connectivity index (χ2n) is 1.88. The lowest BCUT2D eigenvalue weighted by Gasteiger charge is -1.97. The SMILES string of the molecule is [CH]n1c(C)cccc1=O. The highest BCUT2D eigenvalue weighted by Crippen LogP contribution is 1.88. The van der Waals surface area contributed by atoms with Crippen LogP contribution in [0.15, 0.2) is 23.0 Å². The molecule has 1 aromatic rings. The normalized spacial score (nSPS) is 9.56. The molecule has 0 amide bonds. The van der Waals surface area contributed by atoms with Crippen LogP contribution in [0.25, 0.3) is 0 Å². The van der Waals surface area contributed by atoms with Crippen LogP contribution in [0.3, 0.4) is 0 Å². The Kier molecular flexibility index (Phi) is 1.39. The summed E-state index contributed by atoms with van der Waals surface area (Å²) in [6.07, 6.45) is 0. The van der Waals surface area contributed by atoms with Crippen LogP contribution in [0.4, 0.5) is 0 Å². The number of rotatable bonds is 0. The van der Waals surface area contributed by atoms with E-state index in [1.54, 1.807) is 19.1 Å². The van der Waals surface area contributed by atoms with Gasteiger partial charge in [0.2, 0.25) is 0 Å². The molecule has 1 rings (SSSR count). The maximum atomic E-state index is 10.7. The highest BCUT2D eigenvalue weighted by atomic mass is 16.1. The highest BCUT2D eigenvalue weighted by molar-refractivity contribution is 5.04. The van der Waals surface area contributed by atoms with Crippen molar-refractivity contribution in [3.8, 4) is 0 Å². The first-order valence-electron chi connectivity index (χ1n) is 2.65. The van der Waals surface area contributed by atoms with Crippen molar-refractivity contribution in [2.24, 2.45) is 0 Å². The lowest BCUT2D eigenvalue weighted by molar-refractivity contribution is 0.933. The molecule has 1 aromatic heterocycles. The zero-order chi connectivity index (χ0) is 6.85. The molecular weight excluding hydrogens is 114 g/mol. The summed E-state index contributed by atoms with van der Waals surface area (Å²) in [7, 11) is 5.29. The van der Waals surface area contributed by atoms with Crippen LogP contribution in [0, 0.1) is 14.0 Å². The predicted molar refractivity (Wildman–Crippen MR) is 35.1 cm³/mol. The number of hydrogen-bond donors (Lipinski definition) is 0. The van der Waals surface area contributed by atoms with E-state index >= 15 is 0 Å². The molecule has 0 atom stereocenters. The summed E-state index contributed by atoms with van der Waals surface area (Å²) < 4.78 is 1.11. The largest absolute Gasteiger partial charge is 0.306 e. The highest BCUT2D eigenvalue weighted by Gasteiger charge is 1.89. The first-order valence-corrected chi connectivity index (χ1v) is 2.65. The fraction of sp³-hybridized carbons (Fsp3) is 0.143. The molecular formula is C7H7NO. The van der Waals surface area contributed by atoms with Crippen LogP contribution in [-0.2, 0) is 0 Å². The van der Waals surface area contributed by atoms with E-state index in [1.807, 2.05) is 0 Å². The fourth-order valence-corrected chi connectivity index (χ4v) is 0.604. The lowest BCUT2D eigenvalue weighted by Crippen LogP contribution is -2.14. The Labute approximate surface area is 53.8 Å². The second-order valence-corrected chi connectivity index (χ2v) is 1.88. The Balaban J connectivity index is 3.43. The summed E-state index contributed by atoms with van der Waals surface area (Å²) in [5.74, 6) is 0. The second kappa shape index (κ2) is 2.05. The molecule has 0 aromatic carbocycles. The first kappa shape index (κ1) is 6.08. The van der Waals surface area contributed by atoms with E-state index in [-0.39, 0.29) is 5.56 Å². The molecule has 0 fully saturated rings. The average molecular weight is 121 g/mol. The topological polar surface area (TPSA) is 22.0 Å². The van der Waals surface area contributed by atoms with E-state index in [4.69, 9.17) is 7.05 Å². The molecule has 0 spiro atoms. The van der Waals surface area contributed by atoms with E-state index in [2.05, 4.69) is 0 Å². The van der Waals surface area contributed by atoms with Gasteiger partial charge < -0.3 is 4.57 Å². The van der Waals surface area contributed by atoms with E-state index in [9.17, 15) is 4.79 Å². The van der Waals surface area contributed by atoms with Gasteiger partial charge in [0, 0.05) is 11.8 Å². The van der Waals surface area contributed by atoms with Gasteiger partial charge in [-0.2, -0.15) is 0 Å². The molecule has 1 heterocycles. The maximum Gasteiger partial charge on any atom is 0.251 e. The Bertz CT molecular complexity index is 262. The van der Waals surface area contributed by atoms with Gasteiger partial charge in [0.25, 0.3) is 5.56 Å². The molecule has 0 aliphatic rings. The predicted octanol–water partition coefficient (Wildman–Crippen LogP) is 0.673. The minimum Gasteiger partial charge on any atom is -0.306 e. The number of nitrogens with zero attached hydrogens (tertiary/aromatic N) is 1. The number of aromatic nitrogens is 1. The van der Waals surface area contributed by atoms with E-state index in [0.717, 1.165) is 10.3 Å². The fourth-order valence-electron chi connectivity index (χ4n) is 0.604. The summed E-state index contributed by atoms with van der Waals surface area (Å²) in [4.78, 5) is 10.7. The van der Waals surface area contributed by atoms with Crippen molar-refractivity contribution in [2.45, 2.75) is 6.92 Å². The van der Waals surface area contributed by atoms with Crippen molar-refractivity contribution in [2.75, 3.05) is 0 Å². The number of aryl methyl sites for hydroxylation is 1. The van der Waals surface area contributed by atoms with Crippen LogP contribution < -0.4 is 5.56 Å². The molecule has 0 saturated carbocycles. The Hall–Kier alpha value is -1.05. The van der Waals surface area contributed by atoms with Gasteiger partial charge in [-0.3, -0.25) is 4.79 Å². The van der Waals surface area contributed by atoms with E-state index in [0.29, 0.717) is 0 Å². The van der Waals surface area contributed by atoms with Gasteiger partial charge in [0.15, 0.2) is 0 Å². The van der Waals surface area contributed by atoms with Gasteiger partial charge >= 0.3 is 0 Å². The zero-order valence-electron chi connectivity index (χ0n) is 5.16. The van der Waals surface area contributed by atoms with Gasteiger partial charge in [-0.05, 0) is 13.0 Å². The van der Waals surface area contributed by atoms with Crippen molar-refractivity contribution in [3.63, 3.8) is 0 Å². The Morgan fingerprint density at radius 3 is 2.67 bits per heavy atom. The van der Waals surface area contributed by atoms with Gasteiger partial charge in [0.1, 0.15) is 0 Å². The number of hydrogen-bond acceptors (Lipinski definition) is 1. The zero-order valence-corrected chi connectivity index (χ0v) is 5.16. The van der Waals surface area contributed by atoms with Crippen molar-refractivity contribution < 1.29 is 0 Å². The van der Waals surface area contributed by atoms with Crippen molar-refractivity contribution in [1.82, 2.24) is 4.57 Å². The molecule has 0 aliphatic heterocycles. The minimum absolute atomic E-state index is 0.171. The molecule has 9 heavy (non-hydrogen) atoms. The van der Waals surface area contributed by atoms with Gasteiger partial charge in [-0.1, -0.05) is 6.07 Å². The quantitative estimate of drug-likeness (QED) is 0.494. The molecule has 0 N–H and O–H groups in total. The summed E-state index contributed by atoms with van der Waals surface area (Å²) in [6, 6.07) is 4.88. The molecule has 0 unspecified atom stereocenters. The summed E-state index contributed by atoms with van der Waals surface area (Å²) in [5, 5.41) is 0. The number of pyridine rings is 1. The Morgan fingerprint density at radius 2 is 2.22 bits per heavy atom. The van der Waals surface area contributed by atoms with E-state index < -0.39 is 0 Å². The molecule has 2 radical (unpaired) electrons. The molecule has 0 saturated heterocycles. The van der Waals surface area contributed by atoms with Crippen LogP contribution in [0.5, 0.6) is 0 Å². The summed E-state index contributed by atoms with van der Waals surface area (Å²) >= 11 is 0. The monoisotopic (exact) mass is 121 g/mol. The van der Waals surface area contributed by atoms with Crippen LogP contribution in [-0.4, -0.2) is 4.57 Å². The molecule has 46 valence electrons. The first-order chi connectivity index (χ1) is 4.22. The molecule has 0 bridgehead atoms. The van der Waals surface area contributed by atoms with Crippen LogP contribution in [0.1, 0.15) is 5.69 Å². The average Bonchev–Trinajstić information content (AvgIpc) is 1.83. The van der Waals surface area contributed by atoms with E-state index in [1.165, 1.54) is 6.07 Å². The third-order valence-corrected chi connectivity index (χ3v) is 1.19.